The van der Waals surface area contributed by atoms with Crippen LogP contribution in [0.15, 0.2) is 77.7 Å². The van der Waals surface area contributed by atoms with E-state index >= 15 is 0 Å². The van der Waals surface area contributed by atoms with Crippen molar-refractivity contribution < 1.29 is 14.3 Å². The van der Waals surface area contributed by atoms with Crippen molar-refractivity contribution in [3.8, 4) is 11.5 Å². The number of anilines is 1. The molecule has 1 saturated heterocycles. The minimum atomic E-state index is -0.143. The molecule has 4 nitrogen and oxygen atoms in total. The first-order chi connectivity index (χ1) is 16.7. The van der Waals surface area contributed by atoms with Crippen LogP contribution in [0.1, 0.15) is 31.9 Å². The zero-order valence-corrected chi connectivity index (χ0v) is 22.2. The van der Waals surface area contributed by atoms with Gasteiger partial charge in [0.05, 0.1) is 10.6 Å². The molecular formula is C28H26ClNO3S2. The number of amides is 1. The molecule has 0 unspecified atom stereocenters. The van der Waals surface area contributed by atoms with E-state index in [9.17, 15) is 4.79 Å². The van der Waals surface area contributed by atoms with Gasteiger partial charge in [0.1, 0.15) is 24.7 Å². The largest absolute Gasteiger partial charge is 0.490 e. The number of carbonyl (C=O) groups excluding carboxylic acids is 1. The Morgan fingerprint density at radius 1 is 0.886 bits per heavy atom. The number of hydrogen-bond acceptors (Lipinski definition) is 5. The van der Waals surface area contributed by atoms with Gasteiger partial charge in [-0.3, -0.25) is 9.69 Å². The van der Waals surface area contributed by atoms with Crippen LogP contribution in [0.4, 0.5) is 5.69 Å². The standard InChI is InChI=1S/C28H26ClNO3S2/c1-28(2,3)20-6-14-24(15-7-20)33-17-16-32-23-12-4-19(5-13-23)18-25-26(31)30(27(34)35-25)22-10-8-21(29)9-11-22/h4-15,18H,16-17H2,1-3H3/b25-18+. The Balaban J connectivity index is 1.30. The molecule has 0 atom stereocenters. The van der Waals surface area contributed by atoms with Crippen LogP contribution < -0.4 is 14.4 Å². The average molecular weight is 524 g/mol. The highest BCUT2D eigenvalue weighted by molar-refractivity contribution is 8.27. The maximum absolute atomic E-state index is 12.9. The lowest BCUT2D eigenvalue weighted by atomic mass is 9.87. The summed E-state index contributed by atoms with van der Waals surface area (Å²) in [7, 11) is 0. The van der Waals surface area contributed by atoms with E-state index in [1.807, 2.05) is 42.5 Å². The van der Waals surface area contributed by atoms with Gasteiger partial charge < -0.3 is 9.47 Å². The quantitative estimate of drug-likeness (QED) is 0.182. The minimum absolute atomic E-state index is 0.120. The maximum atomic E-state index is 12.9. The van der Waals surface area contributed by atoms with Crippen LogP contribution in [-0.2, 0) is 10.2 Å². The van der Waals surface area contributed by atoms with E-state index < -0.39 is 0 Å². The Kier molecular flexibility index (Phi) is 7.85. The van der Waals surface area contributed by atoms with Gasteiger partial charge in [0, 0.05) is 5.02 Å². The molecule has 7 heteroatoms. The molecule has 1 heterocycles. The van der Waals surface area contributed by atoms with Gasteiger partial charge in [-0.25, -0.2) is 0 Å². The number of rotatable bonds is 7. The molecule has 35 heavy (non-hydrogen) atoms. The number of carbonyl (C=O) groups is 1. The molecule has 1 amide bonds. The van der Waals surface area contributed by atoms with Gasteiger partial charge in [-0.1, -0.05) is 80.6 Å². The van der Waals surface area contributed by atoms with Crippen LogP contribution in [0.5, 0.6) is 11.5 Å². The first-order valence-electron chi connectivity index (χ1n) is 11.2. The first-order valence-corrected chi connectivity index (χ1v) is 12.8. The predicted molar refractivity (Wildman–Crippen MR) is 150 cm³/mol. The van der Waals surface area contributed by atoms with Crippen molar-refractivity contribution in [1.82, 2.24) is 0 Å². The normalized spacial score (nSPS) is 15.1. The van der Waals surface area contributed by atoms with E-state index in [4.69, 9.17) is 33.3 Å². The van der Waals surface area contributed by atoms with Crippen molar-refractivity contribution in [2.45, 2.75) is 26.2 Å². The molecule has 1 fully saturated rings. The van der Waals surface area contributed by atoms with Crippen LogP contribution in [-0.4, -0.2) is 23.4 Å². The summed E-state index contributed by atoms with van der Waals surface area (Å²) in [5, 5.41) is 0.610. The number of nitrogens with zero attached hydrogens (tertiary/aromatic N) is 1. The molecule has 180 valence electrons. The highest BCUT2D eigenvalue weighted by atomic mass is 35.5. The molecule has 3 aromatic rings. The summed E-state index contributed by atoms with van der Waals surface area (Å²) in [6.45, 7) is 7.44. The Morgan fingerprint density at radius 3 is 1.97 bits per heavy atom. The summed E-state index contributed by atoms with van der Waals surface area (Å²) in [6.07, 6.45) is 1.84. The maximum Gasteiger partial charge on any atom is 0.270 e. The van der Waals surface area contributed by atoms with E-state index in [0.717, 1.165) is 17.1 Å². The van der Waals surface area contributed by atoms with Gasteiger partial charge in [0.2, 0.25) is 0 Å². The van der Waals surface area contributed by atoms with Gasteiger partial charge >= 0.3 is 0 Å². The predicted octanol–water partition coefficient (Wildman–Crippen LogP) is 7.50. The van der Waals surface area contributed by atoms with Crippen molar-refractivity contribution in [2.24, 2.45) is 0 Å². The zero-order valence-electron chi connectivity index (χ0n) is 19.8. The molecule has 0 aromatic heterocycles. The number of thiocarbonyl (C=S) groups is 1. The van der Waals surface area contributed by atoms with Crippen molar-refractivity contribution in [3.05, 3.63) is 93.9 Å². The second-order valence-electron chi connectivity index (χ2n) is 9.03. The monoisotopic (exact) mass is 523 g/mol. The van der Waals surface area contributed by atoms with Gasteiger partial charge in [-0.15, -0.1) is 0 Å². The van der Waals surface area contributed by atoms with E-state index in [2.05, 4.69) is 32.9 Å². The molecule has 0 spiro atoms. The molecule has 0 N–H and O–H groups in total. The van der Waals surface area contributed by atoms with Crippen LogP contribution in [0.25, 0.3) is 6.08 Å². The van der Waals surface area contributed by atoms with Crippen LogP contribution >= 0.6 is 35.6 Å². The summed E-state index contributed by atoms with van der Waals surface area (Å²) in [4.78, 5) is 15.0. The number of ether oxygens (including phenoxy) is 2. The van der Waals surface area contributed by atoms with Crippen LogP contribution in [0, 0.1) is 0 Å². The highest BCUT2D eigenvalue weighted by Crippen LogP contribution is 2.36. The Morgan fingerprint density at radius 2 is 1.43 bits per heavy atom. The Hall–Kier alpha value is -2.80. The van der Waals surface area contributed by atoms with E-state index in [1.165, 1.54) is 22.2 Å². The molecule has 0 aliphatic carbocycles. The fourth-order valence-electron chi connectivity index (χ4n) is 3.46. The fourth-order valence-corrected chi connectivity index (χ4v) is 4.89. The summed E-state index contributed by atoms with van der Waals surface area (Å²) >= 11 is 12.7. The van der Waals surface area contributed by atoms with Crippen molar-refractivity contribution in [2.75, 3.05) is 18.1 Å². The van der Waals surface area contributed by atoms with Gasteiger partial charge in [-0.05, 0) is 71.1 Å². The molecular weight excluding hydrogens is 498 g/mol. The van der Waals surface area contributed by atoms with E-state index in [-0.39, 0.29) is 11.3 Å². The second-order valence-corrected chi connectivity index (χ2v) is 11.1. The number of benzene rings is 3. The second kappa shape index (κ2) is 10.9. The molecule has 4 rings (SSSR count). The molecule has 3 aromatic carbocycles. The van der Waals surface area contributed by atoms with Gasteiger partial charge in [-0.2, -0.15) is 0 Å². The van der Waals surface area contributed by atoms with E-state index in [0.29, 0.717) is 33.1 Å². The molecule has 1 aliphatic rings. The summed E-state index contributed by atoms with van der Waals surface area (Å²) in [5.74, 6) is 1.42. The molecule has 0 bridgehead atoms. The van der Waals surface area contributed by atoms with E-state index in [1.54, 1.807) is 24.3 Å². The van der Waals surface area contributed by atoms with Crippen molar-refractivity contribution in [3.63, 3.8) is 0 Å². The van der Waals surface area contributed by atoms with Crippen LogP contribution in [0.2, 0.25) is 5.02 Å². The minimum Gasteiger partial charge on any atom is -0.490 e. The summed E-state index contributed by atoms with van der Waals surface area (Å²) in [5.41, 5.74) is 2.99. The lowest BCUT2D eigenvalue weighted by Crippen LogP contribution is -2.27. The van der Waals surface area contributed by atoms with Crippen molar-refractivity contribution >= 4 is 57.6 Å². The van der Waals surface area contributed by atoms with Crippen LogP contribution in [0.3, 0.4) is 0 Å². The average Bonchev–Trinajstić information content (AvgIpc) is 3.11. The Labute approximate surface area is 220 Å². The number of thioether (sulfide) groups is 1. The fraction of sp³-hybridized carbons (Fsp3) is 0.214. The Bertz CT molecular complexity index is 1230. The first kappa shape index (κ1) is 25.3. The third-order valence-corrected chi connectivity index (χ3v) is 6.95. The summed E-state index contributed by atoms with van der Waals surface area (Å²) in [6, 6.07) is 22.8. The van der Waals surface area contributed by atoms with Crippen molar-refractivity contribution in [1.29, 1.82) is 0 Å². The number of hydrogen-bond donors (Lipinski definition) is 0. The molecule has 1 aliphatic heterocycles. The molecule has 0 saturated carbocycles. The highest BCUT2D eigenvalue weighted by Gasteiger charge is 2.33. The number of halogens is 1. The zero-order chi connectivity index (χ0) is 25.0. The third-order valence-electron chi connectivity index (χ3n) is 5.40. The van der Waals surface area contributed by atoms with Gasteiger partial charge in [0.25, 0.3) is 5.91 Å². The molecule has 0 radical (unpaired) electrons. The summed E-state index contributed by atoms with van der Waals surface area (Å²) < 4.78 is 12.1. The lowest BCUT2D eigenvalue weighted by molar-refractivity contribution is -0.113. The topological polar surface area (TPSA) is 38.8 Å². The van der Waals surface area contributed by atoms with Gasteiger partial charge in [0.15, 0.2) is 4.32 Å². The lowest BCUT2D eigenvalue weighted by Gasteiger charge is -2.19. The SMILES string of the molecule is CC(C)(C)c1ccc(OCCOc2ccc(/C=C3/SC(=S)N(c4ccc(Cl)cc4)C3=O)cc2)cc1. The smallest absolute Gasteiger partial charge is 0.270 e. The third kappa shape index (κ3) is 6.45.